The van der Waals surface area contributed by atoms with Crippen LogP contribution < -0.4 is 9.47 Å². The molecule has 104 valence electrons. The van der Waals surface area contributed by atoms with Gasteiger partial charge in [-0.15, -0.1) is 0 Å². The molecule has 2 aromatic rings. The number of methoxy groups -OCH3 is 1. The van der Waals surface area contributed by atoms with Crippen molar-refractivity contribution in [3.05, 3.63) is 52.0 Å². The number of benzene rings is 2. The van der Waals surface area contributed by atoms with Crippen LogP contribution in [-0.2, 0) is 6.61 Å². The minimum Gasteiger partial charge on any atom is -0.508 e. The van der Waals surface area contributed by atoms with Crippen molar-refractivity contribution < 1.29 is 19.4 Å². The maximum atomic E-state index is 10.8. The van der Waals surface area contributed by atoms with Crippen molar-refractivity contribution in [2.45, 2.75) is 6.61 Å². The van der Waals surface area contributed by atoms with E-state index in [1.165, 1.54) is 7.11 Å². The molecule has 0 fully saturated rings. The van der Waals surface area contributed by atoms with Crippen LogP contribution in [0.2, 0.25) is 0 Å². The molecule has 0 aliphatic rings. The zero-order valence-corrected chi connectivity index (χ0v) is 12.4. The van der Waals surface area contributed by atoms with Gasteiger partial charge in [0.05, 0.1) is 11.6 Å². The van der Waals surface area contributed by atoms with E-state index in [-0.39, 0.29) is 12.4 Å². The molecule has 0 amide bonds. The highest BCUT2D eigenvalue weighted by atomic mass is 79.9. The van der Waals surface area contributed by atoms with Gasteiger partial charge >= 0.3 is 0 Å². The molecule has 4 nitrogen and oxygen atoms in total. The molecule has 0 aliphatic carbocycles. The number of carbonyl (C=O) groups is 1. The quantitative estimate of drug-likeness (QED) is 0.848. The van der Waals surface area contributed by atoms with Crippen molar-refractivity contribution in [1.82, 2.24) is 0 Å². The number of halogens is 1. The van der Waals surface area contributed by atoms with Crippen molar-refractivity contribution in [3.8, 4) is 17.2 Å². The van der Waals surface area contributed by atoms with Crippen LogP contribution in [0, 0.1) is 0 Å². The topological polar surface area (TPSA) is 55.8 Å². The summed E-state index contributed by atoms with van der Waals surface area (Å²) in [7, 11) is 1.51. The molecule has 0 bridgehead atoms. The third-order valence-corrected chi connectivity index (χ3v) is 3.27. The summed E-state index contributed by atoms with van der Waals surface area (Å²) < 4.78 is 11.6. The summed E-state index contributed by atoms with van der Waals surface area (Å²) in [4.78, 5) is 10.8. The SMILES string of the molecule is COc1cc(C=O)cc(Br)c1OCc1cccc(O)c1. The van der Waals surface area contributed by atoms with Crippen LogP contribution >= 0.6 is 15.9 Å². The minimum absolute atomic E-state index is 0.188. The number of rotatable bonds is 5. The number of phenolic OH excluding ortho intramolecular Hbond substituents is 1. The molecule has 0 spiro atoms. The van der Waals surface area contributed by atoms with Gasteiger partial charge in [0.1, 0.15) is 18.6 Å². The van der Waals surface area contributed by atoms with E-state index in [2.05, 4.69) is 15.9 Å². The van der Waals surface area contributed by atoms with Crippen molar-refractivity contribution >= 4 is 22.2 Å². The molecule has 0 aromatic heterocycles. The van der Waals surface area contributed by atoms with E-state index >= 15 is 0 Å². The Hall–Kier alpha value is -2.01. The molecule has 0 saturated heterocycles. The van der Waals surface area contributed by atoms with Crippen molar-refractivity contribution in [1.29, 1.82) is 0 Å². The molecule has 0 heterocycles. The molecular weight excluding hydrogens is 324 g/mol. The highest BCUT2D eigenvalue weighted by Gasteiger charge is 2.11. The summed E-state index contributed by atoms with van der Waals surface area (Å²) >= 11 is 3.35. The van der Waals surface area contributed by atoms with Gasteiger partial charge in [0, 0.05) is 5.56 Å². The lowest BCUT2D eigenvalue weighted by atomic mass is 10.2. The van der Waals surface area contributed by atoms with Gasteiger partial charge in [-0.3, -0.25) is 4.79 Å². The Labute approximate surface area is 125 Å². The molecule has 20 heavy (non-hydrogen) atoms. The summed E-state index contributed by atoms with van der Waals surface area (Å²) in [6.45, 7) is 0.282. The second-order valence-electron chi connectivity index (χ2n) is 4.11. The van der Waals surface area contributed by atoms with Crippen LogP contribution in [0.15, 0.2) is 40.9 Å². The number of carbonyl (C=O) groups excluding carboxylic acids is 1. The average molecular weight is 337 g/mol. The summed E-state index contributed by atoms with van der Waals surface area (Å²) in [5.74, 6) is 1.18. The highest BCUT2D eigenvalue weighted by Crippen LogP contribution is 2.36. The molecule has 0 aliphatic heterocycles. The molecule has 0 saturated carbocycles. The smallest absolute Gasteiger partial charge is 0.175 e. The molecular formula is C15H13BrO4. The number of phenols is 1. The molecule has 2 aromatic carbocycles. The molecule has 2 rings (SSSR count). The number of hydrogen-bond donors (Lipinski definition) is 1. The van der Waals surface area contributed by atoms with Crippen molar-refractivity contribution in [2.24, 2.45) is 0 Å². The number of aldehydes is 1. The molecule has 0 atom stereocenters. The predicted octanol–water partition coefficient (Wildman–Crippen LogP) is 3.55. The van der Waals surface area contributed by atoms with Crippen LogP contribution in [0.4, 0.5) is 0 Å². The van der Waals surface area contributed by atoms with Gasteiger partial charge in [-0.25, -0.2) is 0 Å². The molecule has 0 unspecified atom stereocenters. The molecule has 1 N–H and O–H groups in total. The first-order chi connectivity index (χ1) is 9.63. The second kappa shape index (κ2) is 6.43. The number of ether oxygens (including phenoxy) is 2. The standard InChI is InChI=1S/C15H13BrO4/c1-19-14-7-11(8-17)6-13(16)15(14)20-9-10-3-2-4-12(18)5-10/h2-8,18H,9H2,1H3. The summed E-state index contributed by atoms with van der Waals surface area (Å²) in [5, 5.41) is 9.41. The Morgan fingerprint density at radius 1 is 1.30 bits per heavy atom. The maximum Gasteiger partial charge on any atom is 0.175 e. The van der Waals surface area contributed by atoms with E-state index in [0.29, 0.717) is 21.5 Å². The lowest BCUT2D eigenvalue weighted by Gasteiger charge is -2.13. The molecule has 5 heteroatoms. The predicted molar refractivity (Wildman–Crippen MR) is 78.5 cm³/mol. The lowest BCUT2D eigenvalue weighted by Crippen LogP contribution is -1.99. The van der Waals surface area contributed by atoms with Gasteiger partial charge in [-0.05, 0) is 45.8 Å². The Morgan fingerprint density at radius 2 is 2.10 bits per heavy atom. The Balaban J connectivity index is 2.22. The van der Waals surface area contributed by atoms with E-state index < -0.39 is 0 Å². The molecule has 0 radical (unpaired) electrons. The maximum absolute atomic E-state index is 10.8. The largest absolute Gasteiger partial charge is 0.508 e. The third-order valence-electron chi connectivity index (χ3n) is 2.68. The first-order valence-electron chi connectivity index (χ1n) is 5.87. The van der Waals surface area contributed by atoms with Crippen LogP contribution in [0.3, 0.4) is 0 Å². The van der Waals surface area contributed by atoms with Crippen LogP contribution in [0.5, 0.6) is 17.2 Å². The van der Waals surface area contributed by atoms with Gasteiger partial charge in [-0.2, -0.15) is 0 Å². The first kappa shape index (κ1) is 14.4. The first-order valence-corrected chi connectivity index (χ1v) is 6.66. The zero-order chi connectivity index (χ0) is 14.5. The normalized spacial score (nSPS) is 10.1. The van der Waals surface area contributed by atoms with Gasteiger partial charge in [0.15, 0.2) is 11.5 Å². The highest BCUT2D eigenvalue weighted by molar-refractivity contribution is 9.10. The Morgan fingerprint density at radius 3 is 2.75 bits per heavy atom. The third kappa shape index (κ3) is 3.30. The van der Waals surface area contributed by atoms with E-state index in [4.69, 9.17) is 9.47 Å². The Bertz CT molecular complexity index is 625. The van der Waals surface area contributed by atoms with Gasteiger partial charge < -0.3 is 14.6 Å². The van der Waals surface area contributed by atoms with Gasteiger partial charge in [-0.1, -0.05) is 12.1 Å². The fourth-order valence-electron chi connectivity index (χ4n) is 1.75. The van der Waals surface area contributed by atoms with E-state index in [1.807, 2.05) is 6.07 Å². The number of hydrogen-bond acceptors (Lipinski definition) is 4. The Kier molecular flexibility index (Phi) is 4.63. The van der Waals surface area contributed by atoms with E-state index in [0.717, 1.165) is 11.8 Å². The van der Waals surface area contributed by atoms with E-state index in [1.54, 1.807) is 30.3 Å². The van der Waals surface area contributed by atoms with Crippen LogP contribution in [0.25, 0.3) is 0 Å². The average Bonchev–Trinajstić information content (AvgIpc) is 2.45. The second-order valence-corrected chi connectivity index (χ2v) is 4.96. The summed E-state index contributed by atoms with van der Waals surface area (Å²) in [6, 6.07) is 10.1. The summed E-state index contributed by atoms with van der Waals surface area (Å²) in [5.41, 5.74) is 1.33. The van der Waals surface area contributed by atoms with Crippen LogP contribution in [-0.4, -0.2) is 18.5 Å². The van der Waals surface area contributed by atoms with Crippen molar-refractivity contribution in [3.63, 3.8) is 0 Å². The fourth-order valence-corrected chi connectivity index (χ4v) is 2.32. The minimum atomic E-state index is 0.188. The van der Waals surface area contributed by atoms with Crippen LogP contribution in [0.1, 0.15) is 15.9 Å². The number of aromatic hydroxyl groups is 1. The van der Waals surface area contributed by atoms with Crippen molar-refractivity contribution in [2.75, 3.05) is 7.11 Å². The van der Waals surface area contributed by atoms with Gasteiger partial charge in [0.25, 0.3) is 0 Å². The zero-order valence-electron chi connectivity index (χ0n) is 10.8. The monoisotopic (exact) mass is 336 g/mol. The lowest BCUT2D eigenvalue weighted by molar-refractivity contribution is 0.112. The fraction of sp³-hybridized carbons (Fsp3) is 0.133. The van der Waals surface area contributed by atoms with Gasteiger partial charge in [0.2, 0.25) is 0 Å². The van der Waals surface area contributed by atoms with E-state index in [9.17, 15) is 9.90 Å². The summed E-state index contributed by atoms with van der Waals surface area (Å²) in [6.07, 6.45) is 0.742.